The third kappa shape index (κ3) is 4.43. The smallest absolute Gasteiger partial charge is 0.273 e. The number of carbonyl (C=O) groups excluding carboxylic acids is 1. The van der Waals surface area contributed by atoms with Gasteiger partial charge in [-0.2, -0.15) is 0 Å². The van der Waals surface area contributed by atoms with Crippen LogP contribution in [0.2, 0.25) is 0 Å². The van der Waals surface area contributed by atoms with Crippen molar-refractivity contribution >= 4 is 5.91 Å². The summed E-state index contributed by atoms with van der Waals surface area (Å²) >= 11 is 0. The number of H-pyrrole nitrogens is 1. The van der Waals surface area contributed by atoms with Gasteiger partial charge in [-0.25, -0.2) is 14.6 Å². The van der Waals surface area contributed by atoms with Crippen molar-refractivity contribution in [2.45, 2.75) is 25.7 Å². The van der Waals surface area contributed by atoms with E-state index in [-0.39, 0.29) is 16.9 Å². The molecule has 0 bridgehead atoms. The van der Waals surface area contributed by atoms with Crippen molar-refractivity contribution in [3.63, 3.8) is 0 Å². The lowest BCUT2D eigenvalue weighted by Crippen LogP contribution is -2.38. The zero-order valence-electron chi connectivity index (χ0n) is 18.3. The SMILES string of the molecule is COCC1(CNC(=O)c2ccc(-n3[nH]c(-c4cccnc4OC)cc3=O)nc2)CCCC1. The Balaban J connectivity index is 1.49. The molecule has 3 heterocycles. The first-order valence-corrected chi connectivity index (χ1v) is 10.6. The van der Waals surface area contributed by atoms with E-state index >= 15 is 0 Å². The summed E-state index contributed by atoms with van der Waals surface area (Å²) in [5.41, 5.74) is 1.40. The average Bonchev–Trinajstić information content (AvgIpc) is 3.45. The molecule has 0 spiro atoms. The minimum Gasteiger partial charge on any atom is -0.481 e. The van der Waals surface area contributed by atoms with E-state index in [1.165, 1.54) is 24.1 Å². The Morgan fingerprint density at radius 2 is 2.03 bits per heavy atom. The number of hydrogen-bond donors (Lipinski definition) is 2. The average molecular weight is 438 g/mol. The molecular formula is C23H27N5O4. The highest BCUT2D eigenvalue weighted by Crippen LogP contribution is 2.37. The van der Waals surface area contributed by atoms with Crippen molar-refractivity contribution in [3.8, 4) is 23.0 Å². The van der Waals surface area contributed by atoms with Crippen LogP contribution in [0.5, 0.6) is 5.88 Å². The number of nitrogens with zero attached hydrogens (tertiary/aromatic N) is 3. The molecule has 9 nitrogen and oxygen atoms in total. The number of pyridine rings is 2. The van der Waals surface area contributed by atoms with E-state index in [9.17, 15) is 9.59 Å². The highest BCUT2D eigenvalue weighted by molar-refractivity contribution is 5.93. The topological polar surface area (TPSA) is 111 Å². The number of amides is 1. The first-order valence-electron chi connectivity index (χ1n) is 10.6. The molecule has 1 fully saturated rings. The fourth-order valence-corrected chi connectivity index (χ4v) is 4.29. The molecular weight excluding hydrogens is 410 g/mol. The molecule has 0 saturated heterocycles. The van der Waals surface area contributed by atoms with Crippen molar-refractivity contribution in [2.24, 2.45) is 5.41 Å². The molecule has 1 amide bonds. The van der Waals surface area contributed by atoms with Crippen molar-refractivity contribution in [3.05, 3.63) is 58.6 Å². The predicted octanol–water partition coefficient (Wildman–Crippen LogP) is 2.57. The predicted molar refractivity (Wildman–Crippen MR) is 119 cm³/mol. The molecule has 0 atom stereocenters. The van der Waals surface area contributed by atoms with Gasteiger partial charge in [0, 0.05) is 37.5 Å². The van der Waals surface area contributed by atoms with Gasteiger partial charge in [-0.05, 0) is 37.1 Å². The largest absolute Gasteiger partial charge is 0.481 e. The van der Waals surface area contributed by atoms with Crippen LogP contribution < -0.4 is 15.6 Å². The summed E-state index contributed by atoms with van der Waals surface area (Å²) in [6.07, 6.45) is 7.52. The molecule has 0 radical (unpaired) electrons. The lowest BCUT2D eigenvalue weighted by molar-refractivity contribution is 0.0740. The maximum absolute atomic E-state index is 12.6. The lowest BCUT2D eigenvalue weighted by Gasteiger charge is -2.28. The first-order chi connectivity index (χ1) is 15.5. The number of aromatic amines is 1. The molecule has 3 aromatic heterocycles. The number of nitrogens with one attached hydrogen (secondary N) is 2. The molecule has 168 valence electrons. The number of methoxy groups -OCH3 is 2. The van der Waals surface area contributed by atoms with E-state index in [1.54, 1.807) is 31.5 Å². The van der Waals surface area contributed by atoms with Crippen molar-refractivity contribution < 1.29 is 14.3 Å². The van der Waals surface area contributed by atoms with Crippen LogP contribution >= 0.6 is 0 Å². The molecule has 2 N–H and O–H groups in total. The van der Waals surface area contributed by atoms with E-state index in [0.717, 1.165) is 25.7 Å². The molecule has 1 aliphatic carbocycles. The van der Waals surface area contributed by atoms with Gasteiger partial charge in [-0.15, -0.1) is 0 Å². The van der Waals surface area contributed by atoms with Gasteiger partial charge in [0.15, 0.2) is 5.82 Å². The summed E-state index contributed by atoms with van der Waals surface area (Å²) in [6, 6.07) is 8.33. The highest BCUT2D eigenvalue weighted by Gasteiger charge is 2.34. The van der Waals surface area contributed by atoms with Crippen LogP contribution in [-0.4, -0.2) is 53.0 Å². The molecule has 1 aliphatic rings. The molecule has 9 heteroatoms. The monoisotopic (exact) mass is 437 g/mol. The number of rotatable bonds is 8. The minimum atomic E-state index is -0.279. The molecule has 0 aromatic carbocycles. The van der Waals surface area contributed by atoms with Crippen LogP contribution in [-0.2, 0) is 4.74 Å². The van der Waals surface area contributed by atoms with E-state index in [0.29, 0.717) is 41.7 Å². The fraction of sp³-hybridized carbons (Fsp3) is 0.391. The molecule has 0 unspecified atom stereocenters. The summed E-state index contributed by atoms with van der Waals surface area (Å²) in [5, 5.41) is 6.05. The zero-order valence-corrected chi connectivity index (χ0v) is 18.3. The van der Waals surface area contributed by atoms with Gasteiger partial charge in [0.2, 0.25) is 5.88 Å². The summed E-state index contributed by atoms with van der Waals surface area (Å²) in [5.74, 6) is 0.604. The van der Waals surface area contributed by atoms with Gasteiger partial charge < -0.3 is 14.8 Å². The molecule has 0 aliphatic heterocycles. The van der Waals surface area contributed by atoms with Gasteiger partial charge in [-0.3, -0.25) is 14.7 Å². The number of hydrogen-bond acceptors (Lipinski definition) is 6. The summed E-state index contributed by atoms with van der Waals surface area (Å²) in [7, 11) is 3.22. The molecule has 4 rings (SSSR count). The van der Waals surface area contributed by atoms with Gasteiger partial charge >= 0.3 is 0 Å². The van der Waals surface area contributed by atoms with E-state index in [2.05, 4.69) is 20.4 Å². The normalized spacial score (nSPS) is 14.9. The highest BCUT2D eigenvalue weighted by atomic mass is 16.5. The number of aromatic nitrogens is 4. The molecule has 1 saturated carbocycles. The van der Waals surface area contributed by atoms with E-state index in [4.69, 9.17) is 9.47 Å². The second kappa shape index (κ2) is 9.35. The third-order valence-electron chi connectivity index (χ3n) is 5.95. The van der Waals surface area contributed by atoms with Crippen molar-refractivity contribution in [1.29, 1.82) is 0 Å². The van der Waals surface area contributed by atoms with Crippen LogP contribution in [0, 0.1) is 5.41 Å². The standard InChI is InChI=1S/C23H27N5O4/c1-31-15-23(9-3-4-10-23)14-26-21(30)16-7-8-19(25-13-16)28-20(29)12-18(27-28)17-6-5-11-24-22(17)32-2/h5-8,11-13,27H,3-4,9-10,14-15H2,1-2H3,(H,26,30). The van der Waals surface area contributed by atoms with Gasteiger partial charge in [0.1, 0.15) is 0 Å². The second-order valence-corrected chi connectivity index (χ2v) is 8.13. The Morgan fingerprint density at radius 3 is 2.72 bits per heavy atom. The molecule has 3 aromatic rings. The molecule has 32 heavy (non-hydrogen) atoms. The number of carbonyl (C=O) groups is 1. The maximum Gasteiger partial charge on any atom is 0.273 e. The van der Waals surface area contributed by atoms with Crippen LogP contribution in [0.3, 0.4) is 0 Å². The summed E-state index contributed by atoms with van der Waals surface area (Å²) < 4.78 is 12.0. The lowest BCUT2D eigenvalue weighted by atomic mass is 9.87. The number of ether oxygens (including phenoxy) is 2. The zero-order chi connectivity index (χ0) is 22.6. The van der Waals surface area contributed by atoms with Crippen LogP contribution in [0.15, 0.2) is 47.5 Å². The van der Waals surface area contributed by atoms with Crippen LogP contribution in [0.4, 0.5) is 0 Å². The Hall–Kier alpha value is -3.46. The van der Waals surface area contributed by atoms with Crippen LogP contribution in [0.1, 0.15) is 36.0 Å². The minimum absolute atomic E-state index is 0.0130. The third-order valence-corrected chi connectivity index (χ3v) is 5.95. The van der Waals surface area contributed by atoms with E-state index < -0.39 is 0 Å². The van der Waals surface area contributed by atoms with Crippen molar-refractivity contribution in [2.75, 3.05) is 27.4 Å². The van der Waals surface area contributed by atoms with Gasteiger partial charge in [0.05, 0.1) is 30.5 Å². The van der Waals surface area contributed by atoms with E-state index in [1.807, 2.05) is 6.07 Å². The Morgan fingerprint density at radius 1 is 1.22 bits per heavy atom. The quantitative estimate of drug-likeness (QED) is 0.560. The maximum atomic E-state index is 12.6. The Labute approximate surface area is 185 Å². The van der Waals surface area contributed by atoms with Gasteiger partial charge in [-0.1, -0.05) is 12.8 Å². The Bertz CT molecular complexity index is 1130. The second-order valence-electron chi connectivity index (χ2n) is 8.13. The first kappa shape index (κ1) is 21.8. The van der Waals surface area contributed by atoms with Gasteiger partial charge in [0.25, 0.3) is 11.5 Å². The Kier molecular flexibility index (Phi) is 6.36. The van der Waals surface area contributed by atoms with Crippen molar-refractivity contribution in [1.82, 2.24) is 25.1 Å². The van der Waals surface area contributed by atoms with Crippen LogP contribution in [0.25, 0.3) is 17.1 Å². The summed E-state index contributed by atoms with van der Waals surface area (Å²) in [6.45, 7) is 1.22. The fourth-order valence-electron chi connectivity index (χ4n) is 4.29. The summed E-state index contributed by atoms with van der Waals surface area (Å²) in [4.78, 5) is 33.6.